The molecule has 0 fully saturated rings. The minimum atomic E-state index is -1.42. The molecule has 0 aliphatic rings. The molecule has 1 rings (SSSR count). The highest BCUT2D eigenvalue weighted by atomic mass is 35.5. The van der Waals surface area contributed by atoms with Gasteiger partial charge in [0.15, 0.2) is 0 Å². The van der Waals surface area contributed by atoms with Crippen molar-refractivity contribution in [2.24, 2.45) is 5.73 Å². The summed E-state index contributed by atoms with van der Waals surface area (Å²) in [7, 11) is 0. The van der Waals surface area contributed by atoms with E-state index in [0.29, 0.717) is 10.6 Å². The maximum Gasteiger partial charge on any atom is 0.249 e. The second-order valence-electron chi connectivity index (χ2n) is 4.16. The van der Waals surface area contributed by atoms with Gasteiger partial charge in [-0.25, -0.2) is 0 Å². The lowest BCUT2D eigenvalue weighted by Gasteiger charge is -2.28. The Hall–Kier alpha value is -1.59. The number of aliphatic hydroxyl groups is 1. The number of nitrogens with two attached hydrogens (primary N) is 1. The molecular formula is C12H15ClN2O3. The Morgan fingerprint density at radius 1 is 1.50 bits per heavy atom. The first kappa shape index (κ1) is 14.5. The molecule has 5 nitrogen and oxygen atoms in total. The SMILES string of the molecule is CC(O)C(=O)NC(C)(C(N)=O)c1cccc(Cl)c1. The predicted octanol–water partition coefficient (Wildman–Crippen LogP) is 0.538. The Morgan fingerprint density at radius 3 is 2.56 bits per heavy atom. The molecule has 6 heteroatoms. The number of benzene rings is 1. The van der Waals surface area contributed by atoms with Crippen LogP contribution in [0.15, 0.2) is 24.3 Å². The molecule has 0 heterocycles. The number of rotatable bonds is 4. The average Bonchev–Trinajstić information content (AvgIpc) is 2.28. The van der Waals surface area contributed by atoms with Crippen LogP contribution in [-0.2, 0) is 15.1 Å². The number of nitrogens with one attached hydrogen (secondary N) is 1. The highest BCUT2D eigenvalue weighted by Crippen LogP contribution is 2.23. The molecule has 2 unspecified atom stereocenters. The van der Waals surface area contributed by atoms with Crippen LogP contribution in [0.3, 0.4) is 0 Å². The molecule has 2 amide bonds. The Morgan fingerprint density at radius 2 is 2.11 bits per heavy atom. The average molecular weight is 271 g/mol. The van der Waals surface area contributed by atoms with Gasteiger partial charge in [0.05, 0.1) is 0 Å². The molecule has 0 bridgehead atoms. The van der Waals surface area contributed by atoms with E-state index in [4.69, 9.17) is 17.3 Å². The van der Waals surface area contributed by atoms with Crippen LogP contribution in [0, 0.1) is 0 Å². The second-order valence-corrected chi connectivity index (χ2v) is 4.60. The quantitative estimate of drug-likeness (QED) is 0.745. The van der Waals surface area contributed by atoms with Gasteiger partial charge in [-0.2, -0.15) is 0 Å². The minimum absolute atomic E-state index is 0.422. The summed E-state index contributed by atoms with van der Waals surface area (Å²) in [5.74, 6) is -1.42. The van der Waals surface area contributed by atoms with Gasteiger partial charge in [-0.1, -0.05) is 23.7 Å². The maximum atomic E-state index is 11.6. The Bertz CT molecular complexity index is 476. The van der Waals surface area contributed by atoms with Gasteiger partial charge in [-0.3, -0.25) is 9.59 Å². The van der Waals surface area contributed by atoms with Crippen molar-refractivity contribution in [3.05, 3.63) is 34.9 Å². The first-order chi connectivity index (χ1) is 8.27. The zero-order chi connectivity index (χ0) is 13.9. The molecule has 0 aromatic heterocycles. The zero-order valence-corrected chi connectivity index (χ0v) is 10.9. The molecule has 2 atom stereocenters. The van der Waals surface area contributed by atoms with Crippen molar-refractivity contribution in [1.29, 1.82) is 0 Å². The van der Waals surface area contributed by atoms with E-state index in [1.165, 1.54) is 19.9 Å². The predicted molar refractivity (Wildman–Crippen MR) is 67.8 cm³/mol. The molecule has 0 spiro atoms. The fourth-order valence-electron chi connectivity index (χ4n) is 1.43. The van der Waals surface area contributed by atoms with Gasteiger partial charge < -0.3 is 16.2 Å². The van der Waals surface area contributed by atoms with Gasteiger partial charge in [-0.05, 0) is 31.5 Å². The summed E-state index contributed by atoms with van der Waals surface area (Å²) in [6, 6.07) is 6.45. The first-order valence-electron chi connectivity index (χ1n) is 5.33. The van der Waals surface area contributed by atoms with E-state index in [0.717, 1.165) is 0 Å². The number of halogens is 1. The zero-order valence-electron chi connectivity index (χ0n) is 10.1. The molecule has 1 aromatic rings. The monoisotopic (exact) mass is 270 g/mol. The van der Waals surface area contributed by atoms with E-state index in [2.05, 4.69) is 5.32 Å². The third kappa shape index (κ3) is 3.00. The van der Waals surface area contributed by atoms with Gasteiger partial charge in [0.25, 0.3) is 0 Å². The summed E-state index contributed by atoms with van der Waals surface area (Å²) >= 11 is 5.84. The number of amides is 2. The number of carbonyl (C=O) groups is 2. The van der Waals surface area contributed by atoms with Crippen molar-refractivity contribution in [3.8, 4) is 0 Å². The van der Waals surface area contributed by atoms with E-state index in [1.54, 1.807) is 18.2 Å². The molecule has 0 saturated heterocycles. The van der Waals surface area contributed by atoms with Crippen LogP contribution >= 0.6 is 11.6 Å². The van der Waals surface area contributed by atoms with Crippen molar-refractivity contribution in [2.75, 3.05) is 0 Å². The lowest BCUT2D eigenvalue weighted by Crippen LogP contribution is -2.54. The maximum absolute atomic E-state index is 11.6. The number of hydrogen-bond acceptors (Lipinski definition) is 3. The van der Waals surface area contributed by atoms with Crippen molar-refractivity contribution >= 4 is 23.4 Å². The number of aliphatic hydroxyl groups excluding tert-OH is 1. The molecule has 18 heavy (non-hydrogen) atoms. The van der Waals surface area contributed by atoms with E-state index in [1.807, 2.05) is 0 Å². The fourth-order valence-corrected chi connectivity index (χ4v) is 1.62. The van der Waals surface area contributed by atoms with Crippen molar-refractivity contribution in [3.63, 3.8) is 0 Å². The highest BCUT2D eigenvalue weighted by Gasteiger charge is 2.35. The lowest BCUT2D eigenvalue weighted by molar-refractivity contribution is -0.135. The normalized spacial score (nSPS) is 15.6. The Kier molecular flexibility index (Phi) is 4.32. The molecule has 4 N–H and O–H groups in total. The second kappa shape index (κ2) is 5.37. The third-order valence-corrected chi connectivity index (χ3v) is 2.88. The Labute approximate surface area is 110 Å². The molecule has 0 aliphatic carbocycles. The Balaban J connectivity index is 3.16. The lowest BCUT2D eigenvalue weighted by atomic mass is 9.91. The molecular weight excluding hydrogens is 256 g/mol. The molecule has 0 saturated carbocycles. The van der Waals surface area contributed by atoms with E-state index >= 15 is 0 Å². The number of primary amides is 1. The molecule has 98 valence electrons. The van der Waals surface area contributed by atoms with Crippen LogP contribution in [0.1, 0.15) is 19.4 Å². The van der Waals surface area contributed by atoms with Gasteiger partial charge >= 0.3 is 0 Å². The summed E-state index contributed by atoms with van der Waals surface area (Å²) in [5, 5.41) is 12.0. The highest BCUT2D eigenvalue weighted by molar-refractivity contribution is 6.30. The topological polar surface area (TPSA) is 92.4 Å². The minimum Gasteiger partial charge on any atom is -0.384 e. The van der Waals surface area contributed by atoms with Gasteiger partial charge in [-0.15, -0.1) is 0 Å². The summed E-state index contributed by atoms with van der Waals surface area (Å²) < 4.78 is 0. The van der Waals surface area contributed by atoms with E-state index in [-0.39, 0.29) is 0 Å². The standard InChI is InChI=1S/C12H15ClN2O3/c1-7(16)10(17)15-12(2,11(14)18)8-4-3-5-9(13)6-8/h3-7,16H,1-2H3,(H2,14,18)(H,15,17). The molecule has 0 radical (unpaired) electrons. The van der Waals surface area contributed by atoms with Crippen molar-refractivity contribution in [2.45, 2.75) is 25.5 Å². The number of hydrogen-bond donors (Lipinski definition) is 3. The van der Waals surface area contributed by atoms with Crippen LogP contribution in [0.2, 0.25) is 5.02 Å². The molecule has 0 aliphatic heterocycles. The fraction of sp³-hybridized carbons (Fsp3) is 0.333. The van der Waals surface area contributed by atoms with Gasteiger partial charge in [0.2, 0.25) is 11.8 Å². The van der Waals surface area contributed by atoms with E-state index in [9.17, 15) is 14.7 Å². The van der Waals surface area contributed by atoms with Gasteiger partial charge in [0.1, 0.15) is 11.6 Å². The van der Waals surface area contributed by atoms with Crippen molar-refractivity contribution in [1.82, 2.24) is 5.32 Å². The van der Waals surface area contributed by atoms with Crippen LogP contribution in [-0.4, -0.2) is 23.0 Å². The van der Waals surface area contributed by atoms with E-state index < -0.39 is 23.5 Å². The smallest absolute Gasteiger partial charge is 0.249 e. The largest absolute Gasteiger partial charge is 0.384 e. The summed E-state index contributed by atoms with van der Waals surface area (Å²) in [6.45, 7) is 2.76. The first-order valence-corrected chi connectivity index (χ1v) is 5.71. The molecule has 1 aromatic carbocycles. The third-order valence-electron chi connectivity index (χ3n) is 2.65. The van der Waals surface area contributed by atoms with Crippen LogP contribution in [0.4, 0.5) is 0 Å². The summed E-state index contributed by atoms with van der Waals surface area (Å²) in [6.07, 6.45) is -1.23. The summed E-state index contributed by atoms with van der Waals surface area (Å²) in [4.78, 5) is 23.1. The van der Waals surface area contributed by atoms with Gasteiger partial charge in [0, 0.05) is 5.02 Å². The van der Waals surface area contributed by atoms with Crippen LogP contribution in [0.25, 0.3) is 0 Å². The van der Waals surface area contributed by atoms with Crippen LogP contribution < -0.4 is 11.1 Å². The van der Waals surface area contributed by atoms with Crippen molar-refractivity contribution < 1.29 is 14.7 Å². The summed E-state index contributed by atoms with van der Waals surface area (Å²) in [5.41, 5.74) is 4.36. The number of carbonyl (C=O) groups excluding carboxylic acids is 2. The van der Waals surface area contributed by atoms with Crippen LogP contribution in [0.5, 0.6) is 0 Å².